The summed E-state index contributed by atoms with van der Waals surface area (Å²) in [6.45, 7) is 3.79. The number of epoxide rings is 1. The number of hydrogen-bond donors (Lipinski definition) is 0. The molecule has 1 aliphatic rings. The highest BCUT2D eigenvalue weighted by atomic mass is 16.6. The van der Waals surface area contributed by atoms with Crippen LogP contribution in [0.15, 0.2) is 24.4 Å². The predicted octanol–water partition coefficient (Wildman–Crippen LogP) is 1.61. The molecule has 1 atom stereocenters. The molecule has 2 rings (SSSR count). The van der Waals surface area contributed by atoms with Crippen LogP contribution in [0.4, 0.5) is 0 Å². The lowest BCUT2D eigenvalue weighted by molar-refractivity contribution is 0.302. The Morgan fingerprint density at radius 2 is 2.15 bits per heavy atom. The first-order valence-electron chi connectivity index (χ1n) is 4.15. The van der Waals surface area contributed by atoms with Gasteiger partial charge in [0, 0.05) is 6.20 Å². The molecule has 3 nitrogen and oxygen atoms in total. The van der Waals surface area contributed by atoms with Gasteiger partial charge in [0.15, 0.2) is 0 Å². The summed E-state index contributed by atoms with van der Waals surface area (Å²) in [4.78, 5) is 4.13. The van der Waals surface area contributed by atoms with Crippen molar-refractivity contribution in [2.24, 2.45) is 0 Å². The zero-order chi connectivity index (χ0) is 9.53. The molecule has 1 fully saturated rings. The third-order valence-electron chi connectivity index (χ3n) is 2.40. The molecule has 0 amide bonds. The van der Waals surface area contributed by atoms with Crippen LogP contribution >= 0.6 is 0 Å². The maximum atomic E-state index is 9.03. The van der Waals surface area contributed by atoms with E-state index in [0.29, 0.717) is 5.69 Å². The molecular weight excluding hydrogens is 164 g/mol. The quantitative estimate of drug-likeness (QED) is 0.608. The van der Waals surface area contributed by atoms with Crippen LogP contribution in [0.3, 0.4) is 0 Å². The maximum absolute atomic E-state index is 9.03. The Balaban J connectivity index is 2.44. The number of nitrogens with zero attached hydrogens (tertiary/aromatic N) is 2. The molecule has 0 radical (unpaired) electrons. The smallest absolute Gasteiger partial charge is 0.225 e. The molecule has 1 saturated heterocycles. The molecule has 0 aliphatic carbocycles. The monoisotopic (exact) mass is 174 g/mol. The molecule has 13 heavy (non-hydrogen) atoms. The van der Waals surface area contributed by atoms with E-state index < -0.39 is 11.2 Å². The van der Waals surface area contributed by atoms with Crippen LogP contribution in [-0.2, 0) is 10.3 Å². The van der Waals surface area contributed by atoms with E-state index >= 15 is 0 Å². The summed E-state index contributed by atoms with van der Waals surface area (Å²) in [6.07, 6.45) is 1.67. The second kappa shape index (κ2) is 2.30. The molecule has 0 saturated carbocycles. The second-order valence-corrected chi connectivity index (χ2v) is 3.62. The molecule has 1 aromatic heterocycles. The van der Waals surface area contributed by atoms with Gasteiger partial charge >= 0.3 is 0 Å². The molecule has 2 heterocycles. The first-order valence-corrected chi connectivity index (χ1v) is 4.15. The molecule has 0 aromatic carbocycles. The Morgan fingerprint density at radius 3 is 2.54 bits per heavy atom. The molecule has 0 bridgehead atoms. The lowest BCUT2D eigenvalue weighted by atomic mass is 9.94. The van der Waals surface area contributed by atoms with Crippen molar-refractivity contribution in [2.75, 3.05) is 0 Å². The minimum atomic E-state index is -0.825. The van der Waals surface area contributed by atoms with E-state index in [-0.39, 0.29) is 0 Å². The van der Waals surface area contributed by atoms with Crippen molar-refractivity contribution in [1.29, 1.82) is 5.26 Å². The van der Waals surface area contributed by atoms with Crippen molar-refractivity contribution >= 4 is 0 Å². The Kier molecular flexibility index (Phi) is 1.45. The largest absolute Gasteiger partial charge is 0.341 e. The SMILES string of the molecule is CC1(C)O[C@@]1(C#N)c1ccccn1. The van der Waals surface area contributed by atoms with E-state index in [1.54, 1.807) is 6.20 Å². The summed E-state index contributed by atoms with van der Waals surface area (Å²) in [6, 6.07) is 7.68. The molecule has 3 heteroatoms. The van der Waals surface area contributed by atoms with E-state index in [1.165, 1.54) is 0 Å². The molecule has 1 aliphatic heterocycles. The molecule has 66 valence electrons. The van der Waals surface area contributed by atoms with Crippen molar-refractivity contribution in [1.82, 2.24) is 4.98 Å². The summed E-state index contributed by atoms with van der Waals surface area (Å²) in [7, 11) is 0. The van der Waals surface area contributed by atoms with Crippen molar-refractivity contribution in [2.45, 2.75) is 25.0 Å². The van der Waals surface area contributed by atoms with E-state index in [9.17, 15) is 0 Å². The van der Waals surface area contributed by atoms with Gasteiger partial charge in [0.1, 0.15) is 11.7 Å². The Morgan fingerprint density at radius 1 is 1.46 bits per heavy atom. The fourth-order valence-corrected chi connectivity index (χ4v) is 1.50. The van der Waals surface area contributed by atoms with Crippen molar-refractivity contribution in [3.8, 4) is 6.07 Å². The summed E-state index contributed by atoms with van der Waals surface area (Å²) in [5.74, 6) is 0. The highest BCUT2D eigenvalue weighted by Crippen LogP contribution is 2.53. The van der Waals surface area contributed by atoms with Gasteiger partial charge in [-0.3, -0.25) is 4.98 Å². The summed E-state index contributed by atoms with van der Waals surface area (Å²) in [5, 5.41) is 9.03. The number of hydrogen-bond acceptors (Lipinski definition) is 3. The summed E-state index contributed by atoms with van der Waals surface area (Å²) in [5.41, 5.74) is -0.535. The first-order chi connectivity index (χ1) is 6.12. The molecule has 0 unspecified atom stereocenters. The fourth-order valence-electron chi connectivity index (χ4n) is 1.50. The lowest BCUT2D eigenvalue weighted by Gasteiger charge is -2.03. The zero-order valence-electron chi connectivity index (χ0n) is 7.61. The summed E-state index contributed by atoms with van der Waals surface area (Å²) >= 11 is 0. The number of nitriles is 1. The van der Waals surface area contributed by atoms with Gasteiger partial charge in [-0.2, -0.15) is 5.26 Å². The zero-order valence-corrected chi connectivity index (χ0v) is 7.61. The van der Waals surface area contributed by atoms with E-state index in [1.807, 2.05) is 32.0 Å². The van der Waals surface area contributed by atoms with Gasteiger partial charge in [-0.25, -0.2) is 0 Å². The first kappa shape index (κ1) is 8.21. The van der Waals surface area contributed by atoms with Crippen LogP contribution in [0, 0.1) is 11.3 Å². The van der Waals surface area contributed by atoms with Gasteiger partial charge in [0.05, 0.1) is 5.69 Å². The average Bonchev–Trinajstić information content (AvgIpc) is 2.72. The van der Waals surface area contributed by atoms with E-state index in [2.05, 4.69) is 11.1 Å². The Bertz CT molecular complexity index is 366. The minimum Gasteiger partial charge on any atom is -0.341 e. The van der Waals surface area contributed by atoms with Crippen LogP contribution in [0.5, 0.6) is 0 Å². The van der Waals surface area contributed by atoms with Crippen molar-refractivity contribution in [3.63, 3.8) is 0 Å². The van der Waals surface area contributed by atoms with Gasteiger partial charge in [-0.15, -0.1) is 0 Å². The molecular formula is C10H10N2O. The minimum absolute atomic E-state index is 0.407. The Hall–Kier alpha value is -1.40. The third kappa shape index (κ3) is 0.958. The number of aromatic nitrogens is 1. The van der Waals surface area contributed by atoms with Crippen molar-refractivity contribution < 1.29 is 4.74 Å². The van der Waals surface area contributed by atoms with Gasteiger partial charge in [-0.1, -0.05) is 6.07 Å². The molecule has 1 aromatic rings. The average molecular weight is 174 g/mol. The van der Waals surface area contributed by atoms with Crippen LogP contribution in [0.1, 0.15) is 19.5 Å². The van der Waals surface area contributed by atoms with Gasteiger partial charge in [0.2, 0.25) is 5.60 Å². The van der Waals surface area contributed by atoms with Crippen LogP contribution < -0.4 is 0 Å². The van der Waals surface area contributed by atoms with Crippen molar-refractivity contribution in [3.05, 3.63) is 30.1 Å². The van der Waals surface area contributed by atoms with Gasteiger partial charge < -0.3 is 4.74 Å². The Labute approximate surface area is 77.0 Å². The third-order valence-corrected chi connectivity index (χ3v) is 2.40. The second-order valence-electron chi connectivity index (χ2n) is 3.62. The predicted molar refractivity (Wildman–Crippen MR) is 46.7 cm³/mol. The van der Waals surface area contributed by atoms with Crippen LogP contribution in [-0.4, -0.2) is 10.6 Å². The van der Waals surface area contributed by atoms with E-state index in [4.69, 9.17) is 10.00 Å². The highest BCUT2D eigenvalue weighted by Gasteiger charge is 2.67. The lowest BCUT2D eigenvalue weighted by Crippen LogP contribution is -2.17. The number of ether oxygens (including phenoxy) is 1. The summed E-state index contributed by atoms with van der Waals surface area (Å²) < 4.78 is 5.40. The molecule has 0 spiro atoms. The van der Waals surface area contributed by atoms with Crippen LogP contribution in [0.2, 0.25) is 0 Å². The van der Waals surface area contributed by atoms with E-state index in [0.717, 1.165) is 0 Å². The van der Waals surface area contributed by atoms with Gasteiger partial charge in [-0.05, 0) is 26.0 Å². The maximum Gasteiger partial charge on any atom is 0.225 e. The number of pyridine rings is 1. The normalized spacial score (nSPS) is 29.3. The number of rotatable bonds is 1. The highest BCUT2D eigenvalue weighted by molar-refractivity contribution is 5.35. The topological polar surface area (TPSA) is 49.2 Å². The van der Waals surface area contributed by atoms with Gasteiger partial charge in [0.25, 0.3) is 0 Å². The van der Waals surface area contributed by atoms with Crippen LogP contribution in [0.25, 0.3) is 0 Å². The fraction of sp³-hybridized carbons (Fsp3) is 0.400. The molecule has 0 N–H and O–H groups in total. The standard InChI is InChI=1S/C10H10N2O/c1-9(2)10(7-11,13-9)8-5-3-4-6-12-8/h3-6H,1-2H3/t10-/m0/s1.